The molecule has 0 unspecified atom stereocenters. The summed E-state index contributed by atoms with van der Waals surface area (Å²) in [5.74, 6) is 0.728. The Bertz CT molecular complexity index is 767. The first-order chi connectivity index (χ1) is 13.0. The first-order valence-electron chi connectivity index (χ1n) is 8.39. The summed E-state index contributed by atoms with van der Waals surface area (Å²) >= 11 is 1.45. The van der Waals surface area contributed by atoms with E-state index in [9.17, 15) is 9.18 Å². The fraction of sp³-hybridized carbons (Fsp3) is 0.350. The zero-order valence-corrected chi connectivity index (χ0v) is 16.8. The molecule has 0 radical (unpaired) electrons. The number of halogens is 1. The maximum absolute atomic E-state index is 14.6. The molecule has 27 heavy (non-hydrogen) atoms. The Balaban J connectivity index is 2.01. The van der Waals surface area contributed by atoms with E-state index < -0.39 is 5.82 Å². The third kappa shape index (κ3) is 5.37. The standard InChI is InChI=1S/C20H24FNO4S/c1-24-16-8-5-14(6-9-16)17(23)13-22(27-4)12-11-15-7-10-18(25-2)20(26-3)19(15)21/h5-10H,11-13H2,1-4H3. The summed E-state index contributed by atoms with van der Waals surface area (Å²) in [5, 5.41) is 0. The quantitative estimate of drug-likeness (QED) is 0.451. The second-order valence-electron chi connectivity index (χ2n) is 5.72. The molecule has 0 amide bonds. The highest BCUT2D eigenvalue weighted by Crippen LogP contribution is 2.32. The van der Waals surface area contributed by atoms with Crippen LogP contribution < -0.4 is 14.2 Å². The van der Waals surface area contributed by atoms with Gasteiger partial charge in [-0.2, -0.15) is 0 Å². The van der Waals surface area contributed by atoms with Gasteiger partial charge in [0, 0.05) is 12.1 Å². The van der Waals surface area contributed by atoms with Crippen LogP contribution in [0.4, 0.5) is 4.39 Å². The van der Waals surface area contributed by atoms with Crippen molar-refractivity contribution in [3.8, 4) is 17.2 Å². The number of ketones is 1. The number of carbonyl (C=O) groups excluding carboxylic acids is 1. The minimum Gasteiger partial charge on any atom is -0.497 e. The minimum absolute atomic E-state index is 0.000198. The lowest BCUT2D eigenvalue weighted by atomic mass is 10.1. The molecule has 5 nitrogen and oxygen atoms in total. The van der Waals surface area contributed by atoms with Crippen molar-refractivity contribution >= 4 is 17.7 Å². The van der Waals surface area contributed by atoms with E-state index in [2.05, 4.69) is 0 Å². The number of nitrogens with zero attached hydrogens (tertiary/aromatic N) is 1. The van der Waals surface area contributed by atoms with E-state index in [4.69, 9.17) is 14.2 Å². The summed E-state index contributed by atoms with van der Waals surface area (Å²) in [4.78, 5) is 12.5. The minimum atomic E-state index is -0.431. The van der Waals surface area contributed by atoms with Crippen molar-refractivity contribution in [2.75, 3.05) is 40.7 Å². The zero-order chi connectivity index (χ0) is 19.8. The predicted octanol–water partition coefficient (Wildman–Crippen LogP) is 3.86. The topological polar surface area (TPSA) is 48.0 Å². The molecular formula is C20H24FNO4S. The lowest BCUT2D eigenvalue weighted by Crippen LogP contribution is -2.26. The number of ether oxygens (including phenoxy) is 3. The van der Waals surface area contributed by atoms with Crippen LogP contribution in [0.1, 0.15) is 15.9 Å². The SMILES string of the molecule is COc1ccc(C(=O)CN(CCc2ccc(OC)c(OC)c2F)SC)cc1. The van der Waals surface area contributed by atoms with Gasteiger partial charge in [-0.15, -0.1) is 0 Å². The van der Waals surface area contributed by atoms with E-state index in [-0.39, 0.29) is 18.1 Å². The Morgan fingerprint density at radius 3 is 2.30 bits per heavy atom. The highest BCUT2D eigenvalue weighted by atomic mass is 32.2. The molecular weight excluding hydrogens is 369 g/mol. The molecule has 2 aromatic rings. The summed E-state index contributed by atoms with van der Waals surface area (Å²) in [7, 11) is 4.46. The van der Waals surface area contributed by atoms with Crippen LogP contribution in [-0.2, 0) is 6.42 Å². The number of rotatable bonds is 10. The number of Topliss-reactive ketones (excluding diaryl/α,β-unsaturated/α-hetero) is 1. The number of hydrogen-bond donors (Lipinski definition) is 0. The fourth-order valence-electron chi connectivity index (χ4n) is 2.63. The van der Waals surface area contributed by atoms with Crippen molar-refractivity contribution < 1.29 is 23.4 Å². The van der Waals surface area contributed by atoms with Crippen molar-refractivity contribution in [3.63, 3.8) is 0 Å². The third-order valence-corrected chi connectivity index (χ3v) is 5.01. The Morgan fingerprint density at radius 2 is 1.74 bits per heavy atom. The lowest BCUT2D eigenvalue weighted by Gasteiger charge is -2.19. The smallest absolute Gasteiger partial charge is 0.197 e. The van der Waals surface area contributed by atoms with Crippen LogP contribution in [0.3, 0.4) is 0 Å². The Labute approximate surface area is 163 Å². The van der Waals surface area contributed by atoms with Crippen LogP contribution in [0.15, 0.2) is 36.4 Å². The molecule has 0 saturated heterocycles. The van der Waals surface area contributed by atoms with Gasteiger partial charge < -0.3 is 14.2 Å². The van der Waals surface area contributed by atoms with Crippen molar-refractivity contribution in [1.82, 2.24) is 4.31 Å². The van der Waals surface area contributed by atoms with Gasteiger partial charge in [0.25, 0.3) is 0 Å². The first-order valence-corrected chi connectivity index (χ1v) is 9.57. The molecule has 2 aromatic carbocycles. The third-order valence-electron chi connectivity index (χ3n) is 4.19. The molecule has 0 atom stereocenters. The number of carbonyl (C=O) groups is 1. The van der Waals surface area contributed by atoms with Gasteiger partial charge in [0.15, 0.2) is 23.1 Å². The predicted molar refractivity (Wildman–Crippen MR) is 106 cm³/mol. The van der Waals surface area contributed by atoms with Gasteiger partial charge in [0.1, 0.15) is 5.75 Å². The lowest BCUT2D eigenvalue weighted by molar-refractivity contribution is 0.0970. The highest BCUT2D eigenvalue weighted by molar-refractivity contribution is 7.96. The molecule has 0 aliphatic heterocycles. The Morgan fingerprint density at radius 1 is 1.04 bits per heavy atom. The maximum Gasteiger partial charge on any atom is 0.197 e. The summed E-state index contributed by atoms with van der Waals surface area (Å²) < 4.78 is 31.8. The van der Waals surface area contributed by atoms with Crippen molar-refractivity contribution in [3.05, 3.63) is 53.3 Å². The van der Waals surface area contributed by atoms with Crippen LogP contribution in [0.2, 0.25) is 0 Å². The van der Waals surface area contributed by atoms with E-state index in [0.29, 0.717) is 35.6 Å². The molecule has 7 heteroatoms. The van der Waals surface area contributed by atoms with Crippen LogP contribution in [-0.4, -0.2) is 50.8 Å². The maximum atomic E-state index is 14.6. The van der Waals surface area contributed by atoms with Crippen LogP contribution in [0, 0.1) is 5.82 Å². The summed E-state index contributed by atoms with van der Waals surface area (Å²) in [6, 6.07) is 10.4. The van der Waals surface area contributed by atoms with Gasteiger partial charge >= 0.3 is 0 Å². The van der Waals surface area contributed by atoms with Crippen molar-refractivity contribution in [2.45, 2.75) is 6.42 Å². The monoisotopic (exact) mass is 393 g/mol. The van der Waals surface area contributed by atoms with E-state index in [1.807, 2.05) is 10.6 Å². The van der Waals surface area contributed by atoms with E-state index in [1.54, 1.807) is 43.5 Å². The average Bonchev–Trinajstić information content (AvgIpc) is 2.71. The second kappa shape index (κ2) is 10.2. The van der Waals surface area contributed by atoms with Crippen LogP contribution >= 0.6 is 11.9 Å². The van der Waals surface area contributed by atoms with E-state index in [0.717, 1.165) is 0 Å². The van der Waals surface area contributed by atoms with Gasteiger partial charge in [-0.1, -0.05) is 18.0 Å². The Kier molecular flexibility index (Phi) is 7.94. The molecule has 0 bridgehead atoms. The molecule has 0 aliphatic rings. The van der Waals surface area contributed by atoms with Gasteiger partial charge in [-0.3, -0.25) is 4.79 Å². The summed E-state index contributed by atoms with van der Waals surface area (Å²) in [6.07, 6.45) is 2.34. The van der Waals surface area contributed by atoms with Crippen molar-refractivity contribution in [2.24, 2.45) is 0 Å². The van der Waals surface area contributed by atoms with Crippen LogP contribution in [0.25, 0.3) is 0 Å². The molecule has 146 valence electrons. The van der Waals surface area contributed by atoms with Gasteiger partial charge in [-0.25, -0.2) is 8.70 Å². The fourth-order valence-corrected chi connectivity index (χ4v) is 3.15. The largest absolute Gasteiger partial charge is 0.497 e. The molecule has 0 spiro atoms. The highest BCUT2D eigenvalue weighted by Gasteiger charge is 2.17. The van der Waals surface area contributed by atoms with Gasteiger partial charge in [-0.05, 0) is 48.6 Å². The zero-order valence-electron chi connectivity index (χ0n) is 16.0. The van der Waals surface area contributed by atoms with Crippen molar-refractivity contribution in [1.29, 1.82) is 0 Å². The molecule has 0 N–H and O–H groups in total. The molecule has 0 fully saturated rings. The molecule has 2 rings (SSSR count). The first kappa shape index (κ1) is 21.1. The number of benzene rings is 2. The van der Waals surface area contributed by atoms with Crippen LogP contribution in [0.5, 0.6) is 17.2 Å². The van der Waals surface area contributed by atoms with Gasteiger partial charge in [0.2, 0.25) is 0 Å². The summed E-state index contributed by atoms with van der Waals surface area (Å²) in [5.41, 5.74) is 1.13. The normalized spacial score (nSPS) is 10.7. The molecule has 0 heterocycles. The summed E-state index contributed by atoms with van der Waals surface area (Å²) in [6.45, 7) is 0.762. The second-order valence-corrected chi connectivity index (χ2v) is 6.60. The molecule has 0 aromatic heterocycles. The molecule has 0 aliphatic carbocycles. The van der Waals surface area contributed by atoms with E-state index >= 15 is 0 Å². The number of methoxy groups -OCH3 is 3. The average molecular weight is 393 g/mol. The Hall–Kier alpha value is -2.25. The number of hydrogen-bond acceptors (Lipinski definition) is 6. The molecule has 0 saturated carbocycles. The van der Waals surface area contributed by atoms with Gasteiger partial charge in [0.05, 0.1) is 27.9 Å². The van der Waals surface area contributed by atoms with E-state index in [1.165, 1.54) is 26.2 Å².